The average molecular weight is 236 g/mol. The zero-order valence-corrected chi connectivity index (χ0v) is 10.4. The summed E-state index contributed by atoms with van der Waals surface area (Å²) >= 11 is 0. The van der Waals surface area contributed by atoms with Gasteiger partial charge < -0.3 is 15.3 Å². The molecule has 5 nitrogen and oxygen atoms in total. The van der Waals surface area contributed by atoms with Gasteiger partial charge in [-0.3, -0.25) is 0 Å². The molecule has 2 N–H and O–H groups in total. The summed E-state index contributed by atoms with van der Waals surface area (Å²) in [5.74, 6) is 1.05. The quantitative estimate of drug-likeness (QED) is 0.795. The van der Waals surface area contributed by atoms with E-state index in [1.54, 1.807) is 0 Å². The number of rotatable bonds is 3. The first-order chi connectivity index (χ1) is 8.20. The lowest BCUT2D eigenvalue weighted by Gasteiger charge is -2.34. The van der Waals surface area contributed by atoms with Crippen LogP contribution >= 0.6 is 0 Å². The van der Waals surface area contributed by atoms with E-state index >= 15 is 0 Å². The number of nitrogens with one attached hydrogen (secondary N) is 1. The predicted molar refractivity (Wildman–Crippen MR) is 66.8 cm³/mol. The first-order valence-electron chi connectivity index (χ1n) is 6.09. The minimum Gasteiger partial charge on any atom is -0.393 e. The molecule has 1 fully saturated rings. The highest BCUT2D eigenvalue weighted by Gasteiger charge is 2.25. The molecule has 1 aliphatic heterocycles. The lowest BCUT2D eigenvalue weighted by molar-refractivity contribution is 0.0966. The Morgan fingerprint density at radius 1 is 1.47 bits per heavy atom. The minimum atomic E-state index is -0.185. The van der Waals surface area contributed by atoms with E-state index in [9.17, 15) is 5.11 Å². The number of hydrogen-bond donors (Lipinski definition) is 2. The Morgan fingerprint density at radius 2 is 2.18 bits per heavy atom. The van der Waals surface area contributed by atoms with E-state index in [0.29, 0.717) is 0 Å². The molecule has 1 aromatic rings. The number of aliphatic hydroxyl groups is 1. The molecule has 94 valence electrons. The zero-order chi connectivity index (χ0) is 12.3. The third-order valence-electron chi connectivity index (χ3n) is 3.22. The number of hydrogen-bond acceptors (Lipinski definition) is 5. The summed E-state index contributed by atoms with van der Waals surface area (Å²) in [5, 5.41) is 12.7. The van der Waals surface area contributed by atoms with Crippen molar-refractivity contribution in [2.75, 3.05) is 25.0 Å². The fourth-order valence-corrected chi connectivity index (χ4v) is 2.12. The fourth-order valence-electron chi connectivity index (χ4n) is 2.12. The van der Waals surface area contributed by atoms with Gasteiger partial charge in [0.25, 0.3) is 0 Å². The zero-order valence-electron chi connectivity index (χ0n) is 10.4. The normalized spacial score (nSPS) is 25.0. The number of aromatic nitrogens is 2. The molecule has 0 amide bonds. The summed E-state index contributed by atoms with van der Waals surface area (Å²) in [6.45, 7) is 4.50. The monoisotopic (exact) mass is 236 g/mol. The highest BCUT2D eigenvalue weighted by molar-refractivity contribution is 5.30. The van der Waals surface area contributed by atoms with Crippen LogP contribution in [0, 0.1) is 5.92 Å². The molecule has 0 aliphatic carbocycles. The van der Waals surface area contributed by atoms with Crippen LogP contribution in [0.15, 0.2) is 12.4 Å². The van der Waals surface area contributed by atoms with Crippen molar-refractivity contribution in [2.24, 2.45) is 5.92 Å². The van der Waals surface area contributed by atoms with Gasteiger partial charge in [0.2, 0.25) is 5.95 Å². The van der Waals surface area contributed by atoms with Gasteiger partial charge in [-0.1, -0.05) is 6.92 Å². The van der Waals surface area contributed by atoms with Crippen molar-refractivity contribution in [1.29, 1.82) is 0 Å². The van der Waals surface area contributed by atoms with Crippen LogP contribution in [0.1, 0.15) is 18.9 Å². The summed E-state index contributed by atoms with van der Waals surface area (Å²) in [6.07, 6.45) is 4.32. The van der Waals surface area contributed by atoms with Gasteiger partial charge in [0.15, 0.2) is 0 Å². The van der Waals surface area contributed by atoms with E-state index in [0.717, 1.165) is 37.6 Å². The molecule has 0 aromatic carbocycles. The van der Waals surface area contributed by atoms with Gasteiger partial charge in [-0.05, 0) is 19.4 Å². The molecule has 5 heteroatoms. The van der Waals surface area contributed by atoms with Crippen molar-refractivity contribution in [3.05, 3.63) is 18.0 Å². The Labute approximate surface area is 102 Å². The molecule has 2 unspecified atom stereocenters. The second kappa shape index (κ2) is 5.42. The Hall–Kier alpha value is -1.20. The van der Waals surface area contributed by atoms with Crippen LogP contribution in [0.25, 0.3) is 0 Å². The molecule has 0 radical (unpaired) electrons. The largest absolute Gasteiger partial charge is 0.393 e. The second-order valence-electron chi connectivity index (χ2n) is 4.70. The maximum absolute atomic E-state index is 9.68. The number of piperidine rings is 1. The Kier molecular flexibility index (Phi) is 3.91. The first-order valence-corrected chi connectivity index (χ1v) is 6.09. The van der Waals surface area contributed by atoms with Crippen molar-refractivity contribution in [1.82, 2.24) is 15.3 Å². The maximum atomic E-state index is 9.68. The van der Waals surface area contributed by atoms with E-state index in [1.165, 1.54) is 0 Å². The third kappa shape index (κ3) is 2.92. The van der Waals surface area contributed by atoms with E-state index in [2.05, 4.69) is 27.1 Å². The van der Waals surface area contributed by atoms with E-state index in [4.69, 9.17) is 0 Å². The van der Waals surface area contributed by atoms with Crippen LogP contribution in [0.5, 0.6) is 0 Å². The molecule has 0 bridgehead atoms. The number of nitrogens with zero attached hydrogens (tertiary/aromatic N) is 3. The summed E-state index contributed by atoms with van der Waals surface area (Å²) < 4.78 is 0. The highest BCUT2D eigenvalue weighted by atomic mass is 16.3. The molecule has 0 saturated carbocycles. The van der Waals surface area contributed by atoms with Gasteiger partial charge in [-0.2, -0.15) is 0 Å². The highest BCUT2D eigenvalue weighted by Crippen LogP contribution is 2.20. The molecule has 1 aromatic heterocycles. The predicted octanol–water partition coefficient (Wildman–Crippen LogP) is 0.403. The third-order valence-corrected chi connectivity index (χ3v) is 3.22. The van der Waals surface area contributed by atoms with E-state index in [1.807, 2.05) is 19.4 Å². The van der Waals surface area contributed by atoms with Gasteiger partial charge >= 0.3 is 0 Å². The van der Waals surface area contributed by atoms with E-state index < -0.39 is 0 Å². The van der Waals surface area contributed by atoms with Gasteiger partial charge in [0.05, 0.1) is 6.10 Å². The lowest BCUT2D eigenvalue weighted by atomic mass is 9.97. The van der Waals surface area contributed by atoms with Crippen LogP contribution in [0.4, 0.5) is 5.95 Å². The van der Waals surface area contributed by atoms with Crippen LogP contribution < -0.4 is 10.2 Å². The number of anilines is 1. The van der Waals surface area contributed by atoms with Crippen LogP contribution in [-0.4, -0.2) is 41.3 Å². The molecule has 1 saturated heterocycles. The molecule has 2 rings (SSSR count). The van der Waals surface area contributed by atoms with Gasteiger partial charge in [-0.15, -0.1) is 0 Å². The van der Waals surface area contributed by atoms with Crippen molar-refractivity contribution >= 4 is 5.95 Å². The average Bonchev–Trinajstić information content (AvgIpc) is 2.34. The van der Waals surface area contributed by atoms with Crippen molar-refractivity contribution in [2.45, 2.75) is 26.0 Å². The Morgan fingerprint density at radius 3 is 2.76 bits per heavy atom. The summed E-state index contributed by atoms with van der Waals surface area (Å²) in [4.78, 5) is 10.9. The molecule has 0 spiro atoms. The standard InChI is InChI=1S/C12H20N4O/c1-9-8-16(4-3-11(9)17)12-14-6-10(5-13-2)7-15-12/h6-7,9,11,13,17H,3-5,8H2,1-2H3. The van der Waals surface area contributed by atoms with Crippen LogP contribution in [-0.2, 0) is 6.54 Å². The van der Waals surface area contributed by atoms with Gasteiger partial charge in [-0.25, -0.2) is 9.97 Å². The SMILES string of the molecule is CNCc1cnc(N2CCC(O)C(C)C2)nc1. The molecule has 17 heavy (non-hydrogen) atoms. The Balaban J connectivity index is 2.02. The maximum Gasteiger partial charge on any atom is 0.225 e. The molecule has 2 atom stereocenters. The molecule has 2 heterocycles. The van der Waals surface area contributed by atoms with Gasteiger partial charge in [0, 0.05) is 37.6 Å². The van der Waals surface area contributed by atoms with Gasteiger partial charge in [0.1, 0.15) is 0 Å². The van der Waals surface area contributed by atoms with Crippen molar-refractivity contribution in [3.8, 4) is 0 Å². The van der Waals surface area contributed by atoms with Crippen molar-refractivity contribution in [3.63, 3.8) is 0 Å². The van der Waals surface area contributed by atoms with Crippen LogP contribution in [0.2, 0.25) is 0 Å². The van der Waals surface area contributed by atoms with Crippen molar-refractivity contribution < 1.29 is 5.11 Å². The summed E-state index contributed by atoms with van der Waals surface area (Å²) in [5.41, 5.74) is 1.08. The molecular formula is C12H20N4O. The lowest BCUT2D eigenvalue weighted by Crippen LogP contribution is -2.42. The topological polar surface area (TPSA) is 61.3 Å². The Bertz CT molecular complexity index is 354. The second-order valence-corrected chi connectivity index (χ2v) is 4.70. The summed E-state index contributed by atoms with van der Waals surface area (Å²) in [7, 11) is 1.90. The molecular weight excluding hydrogens is 216 g/mol. The summed E-state index contributed by atoms with van der Waals surface area (Å²) in [6, 6.07) is 0. The fraction of sp³-hybridized carbons (Fsp3) is 0.667. The van der Waals surface area contributed by atoms with E-state index in [-0.39, 0.29) is 12.0 Å². The smallest absolute Gasteiger partial charge is 0.225 e. The number of aliphatic hydroxyl groups excluding tert-OH is 1. The minimum absolute atomic E-state index is 0.185. The van der Waals surface area contributed by atoms with Crippen LogP contribution in [0.3, 0.4) is 0 Å². The first kappa shape index (κ1) is 12.3. The molecule has 1 aliphatic rings.